The van der Waals surface area contributed by atoms with Gasteiger partial charge in [-0.15, -0.1) is 0 Å². The molecule has 1 amide bonds. The molecule has 1 saturated heterocycles. The molecule has 1 heterocycles. The quantitative estimate of drug-likeness (QED) is 0.652. The number of hydrogen-bond acceptors (Lipinski definition) is 4. The second-order valence-corrected chi connectivity index (χ2v) is 6.47. The van der Waals surface area contributed by atoms with Crippen LogP contribution in [0.4, 0.5) is 0 Å². The molecule has 16 heavy (non-hydrogen) atoms. The number of carbonyl (C=O) groups is 1. The second kappa shape index (κ2) is 6.20. The van der Waals surface area contributed by atoms with Gasteiger partial charge in [-0.25, -0.2) is 8.42 Å². The zero-order valence-electron chi connectivity index (χ0n) is 9.74. The number of rotatable bonds is 6. The minimum atomic E-state index is -2.92. The summed E-state index contributed by atoms with van der Waals surface area (Å²) < 4.78 is 22.3. The first-order valence-electron chi connectivity index (χ1n) is 5.74. The molecule has 0 saturated carbocycles. The van der Waals surface area contributed by atoms with E-state index in [1.54, 1.807) is 6.92 Å². The molecule has 1 fully saturated rings. The van der Waals surface area contributed by atoms with E-state index in [4.69, 9.17) is 0 Å². The Hall–Kier alpha value is -0.620. The lowest BCUT2D eigenvalue weighted by Crippen LogP contribution is -2.37. The predicted octanol–water partition coefficient (Wildman–Crippen LogP) is -0.367. The number of nitrogens with one attached hydrogen (secondary N) is 1. The van der Waals surface area contributed by atoms with Crippen LogP contribution in [-0.4, -0.2) is 56.9 Å². The summed E-state index contributed by atoms with van der Waals surface area (Å²) in [6.07, 6.45) is 2.16. The molecule has 0 spiro atoms. The minimum absolute atomic E-state index is 0.0754. The van der Waals surface area contributed by atoms with Gasteiger partial charge in [0.15, 0.2) is 9.84 Å². The van der Waals surface area contributed by atoms with Crippen LogP contribution in [-0.2, 0) is 14.6 Å². The van der Waals surface area contributed by atoms with Gasteiger partial charge in [0.25, 0.3) is 0 Å². The average molecular weight is 248 g/mol. The van der Waals surface area contributed by atoms with Crippen LogP contribution in [0.15, 0.2) is 0 Å². The molecule has 1 aliphatic heterocycles. The molecule has 94 valence electrons. The van der Waals surface area contributed by atoms with E-state index in [0.717, 1.165) is 25.9 Å². The van der Waals surface area contributed by atoms with Gasteiger partial charge in [-0.2, -0.15) is 0 Å². The highest BCUT2D eigenvalue weighted by molar-refractivity contribution is 7.91. The van der Waals surface area contributed by atoms with Crippen LogP contribution >= 0.6 is 0 Å². The summed E-state index contributed by atoms with van der Waals surface area (Å²) in [5, 5.41) is 2.88. The summed E-state index contributed by atoms with van der Waals surface area (Å²) in [4.78, 5) is 13.4. The zero-order chi connectivity index (χ0) is 12.0. The molecule has 1 aliphatic rings. The van der Waals surface area contributed by atoms with Gasteiger partial charge < -0.3 is 10.2 Å². The molecule has 5 nitrogen and oxygen atoms in total. The summed E-state index contributed by atoms with van der Waals surface area (Å²) in [5.41, 5.74) is 0. The van der Waals surface area contributed by atoms with Crippen molar-refractivity contribution in [3.63, 3.8) is 0 Å². The van der Waals surface area contributed by atoms with Gasteiger partial charge in [0.1, 0.15) is 0 Å². The molecule has 0 atom stereocenters. The van der Waals surface area contributed by atoms with E-state index in [2.05, 4.69) is 5.32 Å². The molecule has 0 aromatic heterocycles. The Morgan fingerprint density at radius 2 is 1.94 bits per heavy atom. The van der Waals surface area contributed by atoms with E-state index in [9.17, 15) is 13.2 Å². The molecular weight excluding hydrogens is 228 g/mol. The van der Waals surface area contributed by atoms with Crippen molar-refractivity contribution in [3.8, 4) is 0 Å². The normalized spacial score (nSPS) is 16.7. The van der Waals surface area contributed by atoms with Crippen LogP contribution in [0.5, 0.6) is 0 Å². The highest BCUT2D eigenvalue weighted by atomic mass is 32.2. The van der Waals surface area contributed by atoms with Gasteiger partial charge in [0, 0.05) is 25.4 Å². The Morgan fingerprint density at radius 3 is 2.50 bits per heavy atom. The lowest BCUT2D eigenvalue weighted by molar-refractivity contribution is -0.129. The third-order valence-electron chi connectivity index (χ3n) is 2.76. The molecule has 0 bridgehead atoms. The number of sulfone groups is 1. The number of hydrogen-bond donors (Lipinski definition) is 1. The maximum Gasteiger partial charge on any atom is 0.236 e. The summed E-state index contributed by atoms with van der Waals surface area (Å²) in [5.74, 6) is 0.345. The third-order valence-corrected chi connectivity index (χ3v) is 4.47. The Morgan fingerprint density at radius 1 is 1.31 bits per heavy atom. The lowest BCUT2D eigenvalue weighted by Gasteiger charge is -2.15. The van der Waals surface area contributed by atoms with Gasteiger partial charge >= 0.3 is 0 Å². The maximum absolute atomic E-state index is 11.6. The standard InChI is InChI=1S/C10H20N2O3S/c1-2-16(14,15)8-5-11-9-10(13)12-6-3-4-7-12/h11H,2-9H2,1H3. The van der Waals surface area contributed by atoms with E-state index in [0.29, 0.717) is 6.54 Å². The van der Waals surface area contributed by atoms with Crippen molar-refractivity contribution in [3.05, 3.63) is 0 Å². The van der Waals surface area contributed by atoms with Gasteiger partial charge in [-0.3, -0.25) is 4.79 Å². The number of carbonyl (C=O) groups excluding carboxylic acids is 1. The van der Waals surface area contributed by atoms with E-state index < -0.39 is 9.84 Å². The highest BCUT2D eigenvalue weighted by Crippen LogP contribution is 2.06. The third kappa shape index (κ3) is 4.49. The number of nitrogens with zero attached hydrogens (tertiary/aromatic N) is 1. The van der Waals surface area contributed by atoms with Gasteiger partial charge in [0.05, 0.1) is 12.3 Å². The van der Waals surface area contributed by atoms with Crippen molar-refractivity contribution < 1.29 is 13.2 Å². The van der Waals surface area contributed by atoms with E-state index in [1.807, 2.05) is 4.90 Å². The van der Waals surface area contributed by atoms with Gasteiger partial charge in [-0.05, 0) is 12.8 Å². The van der Waals surface area contributed by atoms with E-state index >= 15 is 0 Å². The molecule has 0 aromatic carbocycles. The van der Waals surface area contributed by atoms with E-state index in [-0.39, 0.29) is 24.0 Å². The van der Waals surface area contributed by atoms with Crippen LogP contribution in [0.25, 0.3) is 0 Å². The lowest BCUT2D eigenvalue weighted by atomic mass is 10.4. The van der Waals surface area contributed by atoms with Crippen molar-refractivity contribution in [2.24, 2.45) is 0 Å². The Balaban J connectivity index is 2.13. The summed E-state index contributed by atoms with van der Waals surface area (Å²) >= 11 is 0. The zero-order valence-corrected chi connectivity index (χ0v) is 10.6. The molecule has 1 N–H and O–H groups in total. The largest absolute Gasteiger partial charge is 0.342 e. The van der Waals surface area contributed by atoms with E-state index in [1.165, 1.54) is 0 Å². The molecule has 6 heteroatoms. The van der Waals surface area contributed by atoms with Crippen molar-refractivity contribution in [2.45, 2.75) is 19.8 Å². The van der Waals surface area contributed by atoms with Crippen LogP contribution in [0.1, 0.15) is 19.8 Å². The fraction of sp³-hybridized carbons (Fsp3) is 0.900. The topological polar surface area (TPSA) is 66.5 Å². The highest BCUT2D eigenvalue weighted by Gasteiger charge is 2.17. The van der Waals surface area contributed by atoms with Crippen molar-refractivity contribution in [1.29, 1.82) is 0 Å². The number of likely N-dealkylation sites (tertiary alicyclic amines) is 1. The summed E-state index contributed by atoms with van der Waals surface area (Å²) in [7, 11) is -2.92. The van der Waals surface area contributed by atoms with Crippen molar-refractivity contribution >= 4 is 15.7 Å². The van der Waals surface area contributed by atoms with Crippen LogP contribution in [0, 0.1) is 0 Å². The molecule has 0 aliphatic carbocycles. The average Bonchev–Trinajstić information content (AvgIpc) is 2.77. The first kappa shape index (κ1) is 13.4. The first-order valence-corrected chi connectivity index (χ1v) is 7.56. The van der Waals surface area contributed by atoms with Crippen LogP contribution in [0.2, 0.25) is 0 Å². The molecule has 0 unspecified atom stereocenters. The Bertz CT molecular complexity index is 321. The smallest absolute Gasteiger partial charge is 0.236 e. The van der Waals surface area contributed by atoms with Crippen LogP contribution < -0.4 is 5.32 Å². The predicted molar refractivity (Wildman–Crippen MR) is 63.0 cm³/mol. The first-order chi connectivity index (χ1) is 7.55. The maximum atomic E-state index is 11.6. The second-order valence-electron chi connectivity index (χ2n) is 4.00. The summed E-state index contributed by atoms with van der Waals surface area (Å²) in [6.45, 7) is 3.92. The fourth-order valence-corrected chi connectivity index (χ4v) is 2.39. The number of amides is 1. The Labute approximate surface area is 97.1 Å². The molecule has 0 radical (unpaired) electrons. The molecular formula is C10H20N2O3S. The summed E-state index contributed by atoms with van der Waals surface area (Å²) in [6, 6.07) is 0. The van der Waals surface area contributed by atoms with Gasteiger partial charge in [-0.1, -0.05) is 6.92 Å². The monoisotopic (exact) mass is 248 g/mol. The van der Waals surface area contributed by atoms with Crippen LogP contribution in [0.3, 0.4) is 0 Å². The van der Waals surface area contributed by atoms with Crippen molar-refractivity contribution in [2.75, 3.05) is 37.7 Å². The Kier molecular flexibility index (Phi) is 5.21. The van der Waals surface area contributed by atoms with Crippen molar-refractivity contribution in [1.82, 2.24) is 10.2 Å². The molecule has 1 rings (SSSR count). The minimum Gasteiger partial charge on any atom is -0.342 e. The fourth-order valence-electron chi connectivity index (χ4n) is 1.65. The molecule has 0 aromatic rings. The van der Waals surface area contributed by atoms with Gasteiger partial charge in [0.2, 0.25) is 5.91 Å². The SMILES string of the molecule is CCS(=O)(=O)CCNCC(=O)N1CCCC1.